The van der Waals surface area contributed by atoms with Crippen molar-refractivity contribution in [1.29, 1.82) is 0 Å². The Balaban J connectivity index is 1.76. The molecule has 100 valence electrons. The highest BCUT2D eigenvalue weighted by molar-refractivity contribution is 6.40. The Kier molecular flexibility index (Phi) is 3.23. The lowest BCUT2D eigenvalue weighted by Gasteiger charge is -2.28. The zero-order chi connectivity index (χ0) is 13.2. The van der Waals surface area contributed by atoms with Gasteiger partial charge in [0, 0.05) is 25.3 Å². The maximum atomic E-state index is 12.3. The molecule has 2 amide bonds. The molecule has 19 heavy (non-hydrogen) atoms. The Morgan fingerprint density at radius 2 is 1.63 bits per heavy atom. The Labute approximate surface area is 113 Å². The highest BCUT2D eigenvalue weighted by Gasteiger charge is 2.32. The molecule has 0 radical (unpaired) electrons. The van der Waals surface area contributed by atoms with Gasteiger partial charge in [0.05, 0.1) is 0 Å². The molecule has 0 N–H and O–H groups in total. The van der Waals surface area contributed by atoms with E-state index >= 15 is 0 Å². The number of amides is 2. The van der Waals surface area contributed by atoms with Crippen molar-refractivity contribution in [2.75, 3.05) is 24.5 Å². The molecule has 0 unspecified atom stereocenters. The van der Waals surface area contributed by atoms with Crippen molar-refractivity contribution in [2.24, 2.45) is 0 Å². The predicted molar refractivity (Wildman–Crippen MR) is 72.9 cm³/mol. The van der Waals surface area contributed by atoms with E-state index in [9.17, 15) is 9.59 Å². The first-order valence-corrected chi connectivity index (χ1v) is 6.96. The van der Waals surface area contributed by atoms with Gasteiger partial charge in [-0.05, 0) is 37.3 Å². The van der Waals surface area contributed by atoms with Crippen LogP contribution in [0.5, 0.6) is 0 Å². The summed E-state index contributed by atoms with van der Waals surface area (Å²) in [7, 11) is 0. The van der Waals surface area contributed by atoms with Crippen molar-refractivity contribution in [1.82, 2.24) is 4.90 Å². The van der Waals surface area contributed by atoms with Gasteiger partial charge in [-0.3, -0.25) is 9.59 Å². The van der Waals surface area contributed by atoms with Crippen LogP contribution in [-0.2, 0) is 16.0 Å². The molecule has 0 aliphatic carbocycles. The van der Waals surface area contributed by atoms with Gasteiger partial charge in [-0.25, -0.2) is 0 Å². The molecule has 0 bridgehead atoms. The fraction of sp³-hybridized carbons (Fsp3) is 0.467. The van der Waals surface area contributed by atoms with Gasteiger partial charge < -0.3 is 9.80 Å². The van der Waals surface area contributed by atoms with E-state index in [0.717, 1.165) is 50.0 Å². The number of piperidine rings is 1. The van der Waals surface area contributed by atoms with E-state index in [1.54, 1.807) is 9.80 Å². The van der Waals surface area contributed by atoms with Gasteiger partial charge in [0.2, 0.25) is 0 Å². The third kappa shape index (κ3) is 2.23. The first-order valence-electron chi connectivity index (χ1n) is 6.96. The van der Waals surface area contributed by atoms with Gasteiger partial charge >= 0.3 is 11.8 Å². The van der Waals surface area contributed by atoms with Crippen LogP contribution < -0.4 is 4.90 Å². The number of carbonyl (C=O) groups is 2. The Morgan fingerprint density at radius 1 is 0.895 bits per heavy atom. The number of rotatable bonds is 0. The second kappa shape index (κ2) is 5.03. The molecule has 2 aliphatic rings. The summed E-state index contributed by atoms with van der Waals surface area (Å²) in [5.74, 6) is -0.705. The highest BCUT2D eigenvalue weighted by Crippen LogP contribution is 2.27. The minimum absolute atomic E-state index is 0.337. The van der Waals surface area contributed by atoms with Crippen LogP contribution in [0.2, 0.25) is 0 Å². The van der Waals surface area contributed by atoms with Gasteiger partial charge in [0.25, 0.3) is 0 Å². The SMILES string of the molecule is O=C(C(=O)N1CCc2ccccc21)N1CCCCC1. The fourth-order valence-corrected chi connectivity index (χ4v) is 2.90. The second-order valence-electron chi connectivity index (χ2n) is 5.19. The Hall–Kier alpha value is -1.84. The third-order valence-corrected chi connectivity index (χ3v) is 3.96. The lowest BCUT2D eigenvalue weighted by atomic mass is 10.1. The monoisotopic (exact) mass is 258 g/mol. The molecule has 3 rings (SSSR count). The molecule has 4 nitrogen and oxygen atoms in total. The molecule has 2 heterocycles. The number of carbonyl (C=O) groups excluding carboxylic acids is 2. The Morgan fingerprint density at radius 3 is 2.42 bits per heavy atom. The summed E-state index contributed by atoms with van der Waals surface area (Å²) in [6, 6.07) is 7.83. The largest absolute Gasteiger partial charge is 0.334 e. The minimum Gasteiger partial charge on any atom is -0.334 e. The van der Waals surface area contributed by atoms with Gasteiger partial charge in [-0.1, -0.05) is 18.2 Å². The lowest BCUT2D eigenvalue weighted by molar-refractivity contribution is -0.145. The molecule has 0 spiro atoms. The molecule has 0 aromatic heterocycles. The van der Waals surface area contributed by atoms with E-state index < -0.39 is 0 Å². The Bertz CT molecular complexity index is 507. The normalized spacial score (nSPS) is 18.3. The summed E-state index contributed by atoms with van der Waals surface area (Å²) >= 11 is 0. The van der Waals surface area contributed by atoms with Crippen LogP contribution in [-0.4, -0.2) is 36.3 Å². The van der Waals surface area contributed by atoms with E-state index in [2.05, 4.69) is 0 Å². The third-order valence-electron chi connectivity index (χ3n) is 3.96. The summed E-state index contributed by atoms with van der Waals surface area (Å²) in [4.78, 5) is 27.9. The number of benzene rings is 1. The number of hydrogen-bond acceptors (Lipinski definition) is 2. The van der Waals surface area contributed by atoms with Crippen LogP contribution in [0.4, 0.5) is 5.69 Å². The average molecular weight is 258 g/mol. The predicted octanol–water partition coefficient (Wildman–Crippen LogP) is 1.59. The van der Waals surface area contributed by atoms with Crippen molar-refractivity contribution in [3.05, 3.63) is 29.8 Å². The first-order chi connectivity index (χ1) is 9.27. The average Bonchev–Trinajstić information content (AvgIpc) is 2.90. The number of anilines is 1. The summed E-state index contributed by atoms with van der Waals surface area (Å²) < 4.78 is 0. The summed E-state index contributed by atoms with van der Waals surface area (Å²) in [5.41, 5.74) is 2.06. The smallest absolute Gasteiger partial charge is 0.316 e. The fourth-order valence-electron chi connectivity index (χ4n) is 2.90. The van der Waals surface area contributed by atoms with Crippen LogP contribution in [0.15, 0.2) is 24.3 Å². The molecular formula is C15H18N2O2. The maximum Gasteiger partial charge on any atom is 0.316 e. The van der Waals surface area contributed by atoms with Crippen LogP contribution in [0.1, 0.15) is 24.8 Å². The van der Waals surface area contributed by atoms with Gasteiger partial charge in [-0.2, -0.15) is 0 Å². The maximum absolute atomic E-state index is 12.3. The number of fused-ring (bicyclic) bond motifs is 1. The molecule has 1 aromatic rings. The molecule has 0 atom stereocenters. The van der Waals surface area contributed by atoms with E-state index in [4.69, 9.17) is 0 Å². The van der Waals surface area contributed by atoms with Crippen LogP contribution in [0.3, 0.4) is 0 Å². The molecule has 4 heteroatoms. The van der Waals surface area contributed by atoms with Crippen molar-refractivity contribution < 1.29 is 9.59 Å². The number of hydrogen-bond donors (Lipinski definition) is 0. The zero-order valence-corrected chi connectivity index (χ0v) is 11.0. The van der Waals surface area contributed by atoms with Crippen LogP contribution in [0, 0.1) is 0 Å². The van der Waals surface area contributed by atoms with E-state index in [1.807, 2.05) is 24.3 Å². The van der Waals surface area contributed by atoms with Crippen molar-refractivity contribution in [3.63, 3.8) is 0 Å². The molecule has 1 aromatic carbocycles. The zero-order valence-electron chi connectivity index (χ0n) is 11.0. The number of nitrogens with zero attached hydrogens (tertiary/aromatic N) is 2. The minimum atomic E-state index is -0.369. The lowest BCUT2D eigenvalue weighted by Crippen LogP contribution is -2.46. The highest BCUT2D eigenvalue weighted by atomic mass is 16.2. The van der Waals surface area contributed by atoms with Crippen molar-refractivity contribution >= 4 is 17.5 Å². The first kappa shape index (κ1) is 12.2. The second-order valence-corrected chi connectivity index (χ2v) is 5.19. The summed E-state index contributed by atoms with van der Waals surface area (Å²) in [6.07, 6.45) is 4.02. The van der Waals surface area contributed by atoms with E-state index in [0.29, 0.717) is 6.54 Å². The van der Waals surface area contributed by atoms with Gasteiger partial charge in [0.1, 0.15) is 0 Å². The van der Waals surface area contributed by atoms with Crippen LogP contribution >= 0.6 is 0 Å². The van der Waals surface area contributed by atoms with Crippen molar-refractivity contribution in [2.45, 2.75) is 25.7 Å². The topological polar surface area (TPSA) is 40.6 Å². The molecule has 1 fully saturated rings. The number of para-hydroxylation sites is 1. The molecule has 2 aliphatic heterocycles. The van der Waals surface area contributed by atoms with Gasteiger partial charge in [-0.15, -0.1) is 0 Å². The number of likely N-dealkylation sites (tertiary alicyclic amines) is 1. The summed E-state index contributed by atoms with van der Waals surface area (Å²) in [5, 5.41) is 0. The summed E-state index contributed by atoms with van der Waals surface area (Å²) in [6.45, 7) is 2.07. The van der Waals surface area contributed by atoms with Gasteiger partial charge in [0.15, 0.2) is 0 Å². The van der Waals surface area contributed by atoms with Crippen LogP contribution in [0.25, 0.3) is 0 Å². The quantitative estimate of drug-likeness (QED) is 0.663. The molecule has 1 saturated heterocycles. The molecule has 0 saturated carbocycles. The van der Waals surface area contributed by atoms with E-state index in [-0.39, 0.29) is 11.8 Å². The standard InChI is InChI=1S/C15H18N2O2/c18-14(16-9-4-1-5-10-16)15(19)17-11-8-12-6-2-3-7-13(12)17/h2-3,6-7H,1,4-5,8-11H2. The van der Waals surface area contributed by atoms with E-state index in [1.165, 1.54) is 0 Å². The molecular weight excluding hydrogens is 240 g/mol. The van der Waals surface area contributed by atoms with Crippen molar-refractivity contribution in [3.8, 4) is 0 Å².